The largest absolute Gasteiger partial charge is 0.481 e. The van der Waals surface area contributed by atoms with Crippen molar-refractivity contribution < 1.29 is 136 Å². The van der Waals surface area contributed by atoms with Crippen molar-refractivity contribution in [2.45, 2.75) is 307 Å². The number of likely N-dealkylation sites (tertiary alicyclic amines) is 1. The summed E-state index contributed by atoms with van der Waals surface area (Å²) in [5, 5.41) is 115. The molecule has 1 heterocycles. The molecule has 0 unspecified atom stereocenters. The molecule has 1 aromatic carbocycles. The van der Waals surface area contributed by atoms with Gasteiger partial charge in [-0.15, -0.1) is 0 Å². The molecule has 1 fully saturated rings. The van der Waals surface area contributed by atoms with Crippen LogP contribution in [0.25, 0.3) is 0 Å². The van der Waals surface area contributed by atoms with Gasteiger partial charge >= 0.3 is 11.9 Å². The highest BCUT2D eigenvalue weighted by Crippen LogP contribution is 2.21. The van der Waals surface area contributed by atoms with Gasteiger partial charge in [0.05, 0.1) is 57.0 Å². The summed E-state index contributed by atoms with van der Waals surface area (Å²) in [4.78, 5) is 299. The molecular weight excluding hydrogens is 1880 g/mol. The Kier molecular flexibility index (Phi) is 56.4. The molecule has 1 saturated heterocycles. The van der Waals surface area contributed by atoms with Gasteiger partial charge in [0, 0.05) is 25.9 Å². The number of benzene rings is 1. The minimum absolute atomic E-state index is 0.0202. The summed E-state index contributed by atoms with van der Waals surface area (Å²) in [7, 11) is 0. The van der Waals surface area contributed by atoms with E-state index in [4.69, 9.17) is 34.1 Å². The minimum Gasteiger partial charge on any atom is -0.481 e. The fraction of sp³-hybridized carbons (Fsp3) is 0.674. The number of primary amides is 1. The molecule has 0 radical (unpaired) electrons. The van der Waals surface area contributed by atoms with E-state index in [9.17, 15) is 136 Å². The molecule has 0 aliphatic carbocycles. The Labute approximate surface area is 828 Å². The minimum atomic E-state index is -1.89. The van der Waals surface area contributed by atoms with Crippen LogP contribution in [-0.2, 0) is 112 Å². The van der Waals surface area contributed by atoms with E-state index in [-0.39, 0.29) is 96.8 Å². The second-order valence-electron chi connectivity index (χ2n) is 36.1. The van der Waals surface area contributed by atoms with E-state index in [0.29, 0.717) is 12.0 Å². The number of carbonyl (C=O) groups excluding carboxylic acids is 20. The van der Waals surface area contributed by atoms with E-state index < -0.39 is 326 Å². The topological polar surface area (TPSA) is 883 Å². The number of amides is 20. The van der Waals surface area contributed by atoms with E-state index in [1.807, 2.05) is 0 Å². The molecule has 143 heavy (non-hydrogen) atoms. The van der Waals surface area contributed by atoms with Crippen molar-refractivity contribution in [1.29, 1.82) is 5.41 Å². The molecule has 0 spiro atoms. The van der Waals surface area contributed by atoms with Gasteiger partial charge in [-0.3, -0.25) is 106 Å². The molecular formula is C89H150N26O28. The predicted molar refractivity (Wildman–Crippen MR) is 512 cm³/mol. The van der Waals surface area contributed by atoms with E-state index in [2.05, 4.69) is 101 Å². The first-order valence-electron chi connectivity index (χ1n) is 47.4. The molecule has 0 bridgehead atoms. The molecule has 804 valence electrons. The molecule has 21 atom stereocenters. The maximum absolute atomic E-state index is 14.8. The van der Waals surface area contributed by atoms with Gasteiger partial charge in [0.2, 0.25) is 118 Å². The first-order valence-corrected chi connectivity index (χ1v) is 47.4. The number of aliphatic hydroxyl groups excluding tert-OH is 4. The van der Waals surface area contributed by atoms with Gasteiger partial charge in [-0.05, 0) is 148 Å². The van der Waals surface area contributed by atoms with Gasteiger partial charge in [0.1, 0.15) is 96.7 Å². The number of rotatable bonds is 66. The lowest BCUT2D eigenvalue weighted by molar-refractivity contribution is -0.144. The molecule has 54 heteroatoms. The lowest BCUT2D eigenvalue weighted by Crippen LogP contribution is -2.63. The number of hydrogen-bond donors (Lipinski definition) is 31. The highest BCUT2D eigenvalue weighted by Gasteiger charge is 2.43. The first-order chi connectivity index (χ1) is 67.1. The normalized spacial score (nSPS) is 16.5. The number of carbonyl (C=O) groups is 22. The van der Waals surface area contributed by atoms with Crippen molar-refractivity contribution >= 4 is 136 Å². The standard InChI is InChI=1S/C89H150N26O28/c1-14-45(8)68(83(137)103-53(26-18-20-32-90)75(129)102-55(28-22-34-96-89(94)95)77(131)114-71(50(13)119)86(140)110-65(42(2)3)81(135)100-46(9)72(126)101-47(10)87(141)115-35-23-29-59(115)80(134)107-58(41-116)79(133)111-67(44(6)7)88(142)143)112-78(132)56(30-31-64(124)125)105-82(136)66(43(4)5)109-76(130)54(27-19-21-33-91)104-84(138)69(48(11)117)108-63(123)40-98-61(121)38-97-62(122)39-99-74(128)57(36-51-24-16-15-17-25-51)106-85(139)70(49(12)118)113-73(127)52(92)37-60(93)120/h15-17,24-25,42-50,52-59,65-71,116-119H,14,18-23,26-41,90-92H2,1-13H3,(H2,93,120)(H,97,122)(H,98,121)(H,99,128)(H,100,135)(H,101,126)(H,102,129)(H,103,137)(H,104,138)(H,105,136)(H,106,139)(H,107,134)(H,108,123)(H,109,130)(H,110,140)(H,111,133)(H,112,132)(H,113,127)(H,114,131)(H,124,125)(H,142,143)(H4,94,95,96)/t45-,46-,47-,48+,49+,50+,52-,53-,54-,55-,56-,57-,58-,59-,65-,66-,67-,68-,69-,70-,71-/m0/s1. The van der Waals surface area contributed by atoms with Crippen LogP contribution in [0.3, 0.4) is 0 Å². The summed E-state index contributed by atoms with van der Waals surface area (Å²) in [6.07, 6.45) is -6.34. The molecule has 1 aromatic rings. The van der Waals surface area contributed by atoms with Crippen molar-refractivity contribution in [2.24, 2.45) is 52.3 Å². The number of guanidine groups is 1. The number of aliphatic hydroxyl groups is 4. The quantitative estimate of drug-likeness (QED) is 0.0164. The number of unbranched alkanes of at least 4 members (excludes halogenated alkanes) is 2. The fourth-order valence-corrected chi connectivity index (χ4v) is 14.3. The monoisotopic (exact) mass is 2030 g/mol. The number of hydrogen-bond acceptors (Lipinski definition) is 30. The second kappa shape index (κ2) is 64.2. The molecule has 20 amide bonds. The number of carboxylic acids is 2. The molecule has 0 aromatic heterocycles. The lowest BCUT2D eigenvalue weighted by atomic mass is 9.96. The summed E-state index contributed by atoms with van der Waals surface area (Å²) >= 11 is 0. The Morgan fingerprint density at radius 2 is 0.804 bits per heavy atom. The summed E-state index contributed by atoms with van der Waals surface area (Å²) in [5.74, 6) is -26.3. The molecule has 1 aliphatic rings. The van der Waals surface area contributed by atoms with Gasteiger partial charge in [0.15, 0.2) is 5.96 Å². The fourth-order valence-electron chi connectivity index (χ4n) is 14.3. The van der Waals surface area contributed by atoms with Gasteiger partial charge in [0.25, 0.3) is 0 Å². The highest BCUT2D eigenvalue weighted by molar-refractivity contribution is 6.02. The van der Waals surface area contributed by atoms with E-state index in [1.54, 1.807) is 37.3 Å². The van der Waals surface area contributed by atoms with Crippen molar-refractivity contribution in [2.75, 3.05) is 52.4 Å². The highest BCUT2D eigenvalue weighted by atomic mass is 16.4. The van der Waals surface area contributed by atoms with Crippen molar-refractivity contribution in [3.05, 3.63) is 35.9 Å². The lowest BCUT2D eigenvalue weighted by Gasteiger charge is -2.31. The number of nitrogens with two attached hydrogens (primary N) is 5. The van der Waals surface area contributed by atoms with Crippen molar-refractivity contribution in [3.63, 3.8) is 0 Å². The Bertz CT molecular complexity index is 4490. The molecule has 54 nitrogen and oxygen atoms in total. The Balaban J connectivity index is 2.36. The SMILES string of the molecule is CC[C@H](C)[C@H](NC(=O)[C@H](CCC(=O)O)NC(=O)[C@@H](NC(=O)[C@H](CCCCN)NC(=O)[C@@H](NC(=O)CNC(=O)CNC(=O)CNC(=O)[C@H](Cc1ccccc1)NC(=O)[C@@H](NC(=O)[C@@H](N)CC(N)=O)[C@@H](C)O)[C@@H](C)O)C(C)C)C(=O)N[C@@H](CCCCN)C(=O)N[C@@H](CCCNC(=N)N)C(=O)N[C@H](C(=O)N[C@H](C(=O)N[C@@H](C)C(=O)N[C@@H](C)C(=O)N1CCC[C@H]1C(=O)N[C@@H](CO)C(=O)N[C@H](C(=O)O)C(C)C)C(C)C)[C@@H](C)O. The molecule has 0 saturated carbocycles. The molecule has 36 N–H and O–H groups in total. The van der Waals surface area contributed by atoms with Gasteiger partial charge in [-0.1, -0.05) is 92.1 Å². The van der Waals surface area contributed by atoms with Crippen LogP contribution in [-0.4, -0.2) is 345 Å². The number of carboxylic acid groups (broad SMARTS) is 2. The van der Waals surface area contributed by atoms with Crippen LogP contribution in [0, 0.1) is 29.1 Å². The van der Waals surface area contributed by atoms with E-state index >= 15 is 0 Å². The summed E-state index contributed by atoms with van der Waals surface area (Å²) in [6.45, 7) is 15.0. The third kappa shape index (κ3) is 45.1. The zero-order chi connectivity index (χ0) is 109. The average Bonchev–Trinajstić information content (AvgIpc) is 1.61. The number of aliphatic carboxylic acids is 2. The van der Waals surface area contributed by atoms with Crippen LogP contribution in [0.15, 0.2) is 30.3 Å². The van der Waals surface area contributed by atoms with Crippen LogP contribution >= 0.6 is 0 Å². The molecule has 2 rings (SSSR count). The van der Waals surface area contributed by atoms with E-state index in [0.717, 1.165) is 25.7 Å². The van der Waals surface area contributed by atoms with E-state index in [1.165, 1.54) is 62.3 Å². The maximum Gasteiger partial charge on any atom is 0.326 e. The van der Waals surface area contributed by atoms with Crippen molar-refractivity contribution in [1.82, 2.24) is 106 Å². The third-order valence-electron chi connectivity index (χ3n) is 22.9. The number of nitrogens with zero attached hydrogens (tertiary/aromatic N) is 1. The predicted octanol–water partition coefficient (Wildman–Crippen LogP) is -11.3. The average molecular weight is 2030 g/mol. The molecule has 1 aliphatic heterocycles. The Hall–Kier alpha value is -13.4. The Morgan fingerprint density at radius 1 is 0.413 bits per heavy atom. The Morgan fingerprint density at radius 3 is 1.27 bits per heavy atom. The van der Waals surface area contributed by atoms with Crippen LogP contribution < -0.4 is 130 Å². The van der Waals surface area contributed by atoms with Gasteiger partial charge in [-0.25, -0.2) is 4.79 Å². The third-order valence-corrected chi connectivity index (χ3v) is 22.9. The second-order valence-corrected chi connectivity index (χ2v) is 36.1. The zero-order valence-electron chi connectivity index (χ0n) is 83.0. The summed E-state index contributed by atoms with van der Waals surface area (Å²) in [5.41, 5.74) is 28.5. The smallest absolute Gasteiger partial charge is 0.326 e. The maximum atomic E-state index is 14.8. The van der Waals surface area contributed by atoms with Crippen LogP contribution in [0.2, 0.25) is 0 Å². The summed E-state index contributed by atoms with van der Waals surface area (Å²) < 4.78 is 0. The van der Waals surface area contributed by atoms with Crippen LogP contribution in [0.5, 0.6) is 0 Å². The first kappa shape index (κ1) is 126. The van der Waals surface area contributed by atoms with Gasteiger partial charge in [-0.2, -0.15) is 0 Å². The van der Waals surface area contributed by atoms with Crippen LogP contribution in [0.1, 0.15) is 185 Å². The van der Waals surface area contributed by atoms with Crippen molar-refractivity contribution in [3.8, 4) is 0 Å². The zero-order valence-corrected chi connectivity index (χ0v) is 83.0. The van der Waals surface area contributed by atoms with Crippen LogP contribution in [0.4, 0.5) is 0 Å². The van der Waals surface area contributed by atoms with Gasteiger partial charge < -0.3 is 165 Å². The number of nitrogens with one attached hydrogen (secondary N) is 20. The summed E-state index contributed by atoms with van der Waals surface area (Å²) in [6, 6.07) is -18.2.